The lowest BCUT2D eigenvalue weighted by Gasteiger charge is -2.34. The first-order chi connectivity index (χ1) is 6.57. The fraction of sp³-hybridized carbons (Fsp3) is 1.00. The van der Waals surface area contributed by atoms with E-state index < -0.39 is 12.1 Å². The molecule has 0 aromatic heterocycles. The molecule has 1 heterocycles. The maximum atomic E-state index is 12.6. The summed E-state index contributed by atoms with van der Waals surface area (Å²) in [7, 11) is 0. The Hall–Kier alpha value is -0.250. The summed E-state index contributed by atoms with van der Waals surface area (Å²) in [6, 6.07) is -0.309. The molecule has 0 aromatic carbocycles. The number of hydrogen-bond donors (Lipinski definition) is 1. The number of nitrogens with one attached hydrogen (secondary N) is 1. The van der Waals surface area contributed by atoms with Gasteiger partial charge < -0.3 is 5.32 Å². The predicted molar refractivity (Wildman–Crippen MR) is 47.9 cm³/mol. The van der Waals surface area contributed by atoms with Crippen LogP contribution in [0.5, 0.6) is 0 Å². The van der Waals surface area contributed by atoms with Gasteiger partial charge >= 0.3 is 6.18 Å². The second kappa shape index (κ2) is 3.72. The summed E-state index contributed by atoms with van der Waals surface area (Å²) in [5.74, 6) is -0.535. The zero-order valence-electron chi connectivity index (χ0n) is 8.11. The van der Waals surface area contributed by atoms with E-state index in [4.69, 9.17) is 0 Å². The van der Waals surface area contributed by atoms with Crippen molar-refractivity contribution in [1.82, 2.24) is 5.32 Å². The topological polar surface area (TPSA) is 12.0 Å². The molecule has 0 bridgehead atoms. The van der Waals surface area contributed by atoms with Gasteiger partial charge in [-0.3, -0.25) is 0 Å². The van der Waals surface area contributed by atoms with Crippen LogP contribution in [0.3, 0.4) is 0 Å². The third-order valence-electron chi connectivity index (χ3n) is 3.29. The summed E-state index contributed by atoms with van der Waals surface area (Å²) in [5, 5.41) is 3.03. The molecule has 1 aliphatic carbocycles. The van der Waals surface area contributed by atoms with Crippen LogP contribution in [-0.4, -0.2) is 18.8 Å². The minimum Gasteiger partial charge on any atom is -0.313 e. The highest BCUT2D eigenvalue weighted by molar-refractivity contribution is 4.90. The molecule has 4 heteroatoms. The lowest BCUT2D eigenvalue weighted by Crippen LogP contribution is -2.47. The molecule has 2 unspecified atom stereocenters. The number of halogens is 3. The number of alkyl halides is 3. The van der Waals surface area contributed by atoms with Crippen LogP contribution in [0, 0.1) is 11.8 Å². The van der Waals surface area contributed by atoms with Crippen LogP contribution in [0.15, 0.2) is 0 Å². The molecule has 2 fully saturated rings. The van der Waals surface area contributed by atoms with E-state index >= 15 is 0 Å². The lowest BCUT2D eigenvalue weighted by atomic mass is 9.87. The summed E-state index contributed by atoms with van der Waals surface area (Å²) in [6.07, 6.45) is -0.0537. The second-order valence-electron chi connectivity index (χ2n) is 4.53. The Bertz CT molecular complexity index is 198. The maximum Gasteiger partial charge on any atom is 0.393 e. The monoisotopic (exact) mass is 207 g/mol. The van der Waals surface area contributed by atoms with E-state index in [1.807, 2.05) is 0 Å². The quantitative estimate of drug-likeness (QED) is 0.734. The molecule has 1 saturated carbocycles. The van der Waals surface area contributed by atoms with Crippen molar-refractivity contribution in [2.24, 2.45) is 11.8 Å². The normalized spacial score (nSPS) is 34.5. The Balaban J connectivity index is 1.95. The molecule has 14 heavy (non-hydrogen) atoms. The van der Waals surface area contributed by atoms with Crippen molar-refractivity contribution in [3.63, 3.8) is 0 Å². The van der Waals surface area contributed by atoms with Gasteiger partial charge in [0.05, 0.1) is 5.92 Å². The Labute approximate surface area is 82.1 Å². The average Bonchev–Trinajstić information content (AvgIpc) is 2.87. The van der Waals surface area contributed by atoms with Crippen LogP contribution in [0.1, 0.15) is 32.1 Å². The molecular formula is C10H16F3N. The van der Waals surface area contributed by atoms with Crippen molar-refractivity contribution >= 4 is 0 Å². The highest BCUT2D eigenvalue weighted by atomic mass is 19.4. The standard InChI is InChI=1S/C10H16F3N/c11-10(12,13)8-2-1-5-14-9(8)6-7-3-4-7/h7-9,14H,1-6H2. The van der Waals surface area contributed by atoms with Gasteiger partial charge in [-0.1, -0.05) is 12.8 Å². The molecular weight excluding hydrogens is 191 g/mol. The maximum absolute atomic E-state index is 12.6. The van der Waals surface area contributed by atoms with Crippen LogP contribution in [-0.2, 0) is 0 Å². The number of piperidine rings is 1. The van der Waals surface area contributed by atoms with Gasteiger partial charge in [0, 0.05) is 6.04 Å². The minimum atomic E-state index is -4.01. The van der Waals surface area contributed by atoms with Crippen molar-refractivity contribution in [2.75, 3.05) is 6.54 Å². The Morgan fingerprint density at radius 3 is 2.43 bits per heavy atom. The predicted octanol–water partition coefficient (Wildman–Crippen LogP) is 2.72. The van der Waals surface area contributed by atoms with Gasteiger partial charge in [-0.25, -0.2) is 0 Å². The third kappa shape index (κ3) is 2.41. The zero-order chi connectivity index (χ0) is 10.2. The molecule has 2 rings (SSSR count). The van der Waals surface area contributed by atoms with E-state index in [-0.39, 0.29) is 6.04 Å². The molecule has 0 aromatic rings. The summed E-state index contributed by atoms with van der Waals surface area (Å²) < 4.78 is 37.9. The van der Waals surface area contributed by atoms with Crippen molar-refractivity contribution in [3.8, 4) is 0 Å². The van der Waals surface area contributed by atoms with Gasteiger partial charge in [-0.2, -0.15) is 13.2 Å². The van der Waals surface area contributed by atoms with Crippen molar-refractivity contribution in [3.05, 3.63) is 0 Å². The third-order valence-corrected chi connectivity index (χ3v) is 3.29. The second-order valence-corrected chi connectivity index (χ2v) is 4.53. The smallest absolute Gasteiger partial charge is 0.313 e. The molecule has 1 N–H and O–H groups in total. The van der Waals surface area contributed by atoms with Crippen LogP contribution in [0.25, 0.3) is 0 Å². The van der Waals surface area contributed by atoms with Crippen molar-refractivity contribution in [1.29, 1.82) is 0 Å². The van der Waals surface area contributed by atoms with Crippen LogP contribution in [0.4, 0.5) is 13.2 Å². The Morgan fingerprint density at radius 1 is 1.14 bits per heavy atom. The molecule has 0 amide bonds. The van der Waals surface area contributed by atoms with E-state index in [1.165, 1.54) is 0 Å². The number of hydrogen-bond acceptors (Lipinski definition) is 1. The first kappa shape index (κ1) is 10.3. The van der Waals surface area contributed by atoms with E-state index in [9.17, 15) is 13.2 Å². The largest absolute Gasteiger partial charge is 0.393 e. The molecule has 1 nitrogen and oxygen atoms in total. The SMILES string of the molecule is FC(F)(F)C1CCCNC1CC1CC1. The minimum absolute atomic E-state index is 0.309. The summed E-state index contributed by atoms with van der Waals surface area (Å²) in [6.45, 7) is 0.754. The molecule has 0 spiro atoms. The van der Waals surface area contributed by atoms with E-state index in [0.29, 0.717) is 18.8 Å². The zero-order valence-corrected chi connectivity index (χ0v) is 8.11. The first-order valence-corrected chi connectivity index (χ1v) is 5.37. The van der Waals surface area contributed by atoms with Crippen LogP contribution < -0.4 is 5.32 Å². The van der Waals surface area contributed by atoms with Crippen LogP contribution >= 0.6 is 0 Å². The molecule has 0 radical (unpaired) electrons. The fourth-order valence-corrected chi connectivity index (χ4v) is 2.30. The van der Waals surface area contributed by atoms with Crippen molar-refractivity contribution in [2.45, 2.75) is 44.3 Å². The van der Waals surface area contributed by atoms with Crippen LogP contribution in [0.2, 0.25) is 0 Å². The van der Waals surface area contributed by atoms with Crippen molar-refractivity contribution < 1.29 is 13.2 Å². The van der Waals surface area contributed by atoms with Gasteiger partial charge in [0.15, 0.2) is 0 Å². The average molecular weight is 207 g/mol. The molecule has 2 atom stereocenters. The lowest BCUT2D eigenvalue weighted by molar-refractivity contribution is -0.189. The number of rotatable bonds is 2. The van der Waals surface area contributed by atoms with E-state index in [2.05, 4.69) is 5.32 Å². The van der Waals surface area contributed by atoms with Gasteiger partial charge in [-0.05, 0) is 31.7 Å². The highest BCUT2D eigenvalue weighted by Crippen LogP contribution is 2.41. The Morgan fingerprint density at radius 2 is 1.86 bits per heavy atom. The fourth-order valence-electron chi connectivity index (χ4n) is 2.30. The Kier molecular flexibility index (Phi) is 2.73. The summed E-state index contributed by atoms with van der Waals surface area (Å²) in [4.78, 5) is 0. The molecule has 2 aliphatic rings. The molecule has 1 aliphatic heterocycles. The summed E-state index contributed by atoms with van der Waals surface area (Å²) in [5.41, 5.74) is 0. The van der Waals surface area contributed by atoms with Gasteiger partial charge in [0.25, 0.3) is 0 Å². The molecule has 1 saturated heterocycles. The molecule has 82 valence electrons. The van der Waals surface area contributed by atoms with Gasteiger partial charge in [0.1, 0.15) is 0 Å². The summed E-state index contributed by atoms with van der Waals surface area (Å²) >= 11 is 0. The van der Waals surface area contributed by atoms with E-state index in [0.717, 1.165) is 25.8 Å². The van der Waals surface area contributed by atoms with Gasteiger partial charge in [-0.15, -0.1) is 0 Å². The van der Waals surface area contributed by atoms with Gasteiger partial charge in [0.2, 0.25) is 0 Å². The van der Waals surface area contributed by atoms with E-state index in [1.54, 1.807) is 0 Å². The first-order valence-electron chi connectivity index (χ1n) is 5.37. The highest BCUT2D eigenvalue weighted by Gasteiger charge is 2.46.